The predicted molar refractivity (Wildman–Crippen MR) is 82.7 cm³/mol. The molecule has 5 heteroatoms. The molecule has 0 aliphatic heterocycles. The van der Waals surface area contributed by atoms with Crippen molar-refractivity contribution < 1.29 is 13.9 Å². The molecule has 0 aromatic heterocycles. The minimum absolute atomic E-state index is 0.168. The van der Waals surface area contributed by atoms with Crippen LogP contribution in [0, 0.1) is 5.82 Å². The van der Waals surface area contributed by atoms with Crippen LogP contribution in [0.5, 0.6) is 5.75 Å². The van der Waals surface area contributed by atoms with Crippen LogP contribution in [0.2, 0.25) is 0 Å². The van der Waals surface area contributed by atoms with E-state index in [-0.39, 0.29) is 12.4 Å². The number of carbonyl (C=O) groups is 1. The second-order valence-corrected chi connectivity index (χ2v) is 5.03. The van der Waals surface area contributed by atoms with Crippen LogP contribution in [0.1, 0.15) is 18.1 Å². The fourth-order valence-corrected chi connectivity index (χ4v) is 1.89. The summed E-state index contributed by atoms with van der Waals surface area (Å²) in [6.07, 6.45) is 0. The molecule has 1 atom stereocenters. The van der Waals surface area contributed by atoms with Gasteiger partial charge in [-0.25, -0.2) is 4.39 Å². The van der Waals surface area contributed by atoms with Crippen molar-refractivity contribution in [2.75, 3.05) is 0 Å². The summed E-state index contributed by atoms with van der Waals surface area (Å²) in [5.41, 5.74) is 6.66. The molecule has 0 fully saturated rings. The zero-order chi connectivity index (χ0) is 15.9. The normalized spacial score (nSPS) is 11.9. The molecule has 0 saturated heterocycles. The van der Waals surface area contributed by atoms with E-state index in [0.29, 0.717) is 17.9 Å². The van der Waals surface area contributed by atoms with Gasteiger partial charge in [0, 0.05) is 12.1 Å². The number of hydrogen-bond donors (Lipinski definition) is 2. The largest absolute Gasteiger partial charge is 0.489 e. The van der Waals surface area contributed by atoms with Crippen molar-refractivity contribution in [3.05, 3.63) is 65.5 Å². The Labute approximate surface area is 129 Å². The molecule has 0 radical (unpaired) electrons. The molecule has 0 heterocycles. The average molecular weight is 302 g/mol. The van der Waals surface area contributed by atoms with Gasteiger partial charge in [-0.3, -0.25) is 4.79 Å². The first-order valence-electron chi connectivity index (χ1n) is 7.04. The third-order valence-corrected chi connectivity index (χ3v) is 3.29. The second-order valence-electron chi connectivity index (χ2n) is 5.03. The van der Waals surface area contributed by atoms with Crippen LogP contribution in [0.4, 0.5) is 4.39 Å². The molecule has 0 aliphatic rings. The summed E-state index contributed by atoms with van der Waals surface area (Å²) in [6.45, 7) is 2.38. The van der Waals surface area contributed by atoms with Gasteiger partial charge in [0.15, 0.2) is 0 Å². The van der Waals surface area contributed by atoms with Crippen LogP contribution < -0.4 is 15.8 Å². The Kier molecular flexibility index (Phi) is 5.49. The maximum Gasteiger partial charge on any atom is 0.234 e. The standard InChI is InChI=1S/C17H19FN2O2/c1-12(17(19)21)20-10-13-5-4-7-15(9-13)22-11-14-6-2-3-8-16(14)18/h2-9,12,20H,10-11H2,1H3,(H2,19,21)/t12-/m0/s1. The quantitative estimate of drug-likeness (QED) is 0.825. The highest BCUT2D eigenvalue weighted by atomic mass is 19.1. The Hall–Kier alpha value is -2.40. The van der Waals surface area contributed by atoms with E-state index in [1.54, 1.807) is 25.1 Å². The lowest BCUT2D eigenvalue weighted by Gasteiger charge is -2.12. The molecule has 0 aliphatic carbocycles. The molecule has 2 aromatic rings. The highest BCUT2D eigenvalue weighted by Crippen LogP contribution is 2.16. The maximum atomic E-state index is 13.5. The number of halogens is 1. The monoisotopic (exact) mass is 302 g/mol. The molecule has 0 unspecified atom stereocenters. The first-order chi connectivity index (χ1) is 10.6. The molecule has 22 heavy (non-hydrogen) atoms. The molecule has 2 aromatic carbocycles. The summed E-state index contributed by atoms with van der Waals surface area (Å²) in [5, 5.41) is 3.02. The van der Waals surface area contributed by atoms with E-state index in [9.17, 15) is 9.18 Å². The van der Waals surface area contributed by atoms with Gasteiger partial charge < -0.3 is 15.8 Å². The Balaban J connectivity index is 1.94. The van der Waals surface area contributed by atoms with Crippen LogP contribution in [0.3, 0.4) is 0 Å². The van der Waals surface area contributed by atoms with E-state index < -0.39 is 11.9 Å². The third kappa shape index (κ3) is 4.56. The molecule has 4 nitrogen and oxygen atoms in total. The fourth-order valence-electron chi connectivity index (χ4n) is 1.89. The van der Waals surface area contributed by atoms with E-state index in [1.165, 1.54) is 6.07 Å². The zero-order valence-electron chi connectivity index (χ0n) is 12.4. The predicted octanol–water partition coefficient (Wildman–Crippen LogP) is 2.37. The lowest BCUT2D eigenvalue weighted by Crippen LogP contribution is -2.38. The topological polar surface area (TPSA) is 64.3 Å². The lowest BCUT2D eigenvalue weighted by molar-refractivity contribution is -0.119. The van der Waals surface area contributed by atoms with Gasteiger partial charge in [0.2, 0.25) is 5.91 Å². The highest BCUT2D eigenvalue weighted by Gasteiger charge is 2.07. The van der Waals surface area contributed by atoms with Crippen molar-refractivity contribution in [1.29, 1.82) is 0 Å². The molecule has 0 saturated carbocycles. The lowest BCUT2D eigenvalue weighted by atomic mass is 10.2. The molecule has 0 bridgehead atoms. The number of ether oxygens (including phenoxy) is 1. The molecule has 3 N–H and O–H groups in total. The van der Waals surface area contributed by atoms with E-state index in [4.69, 9.17) is 10.5 Å². The molecule has 2 rings (SSSR count). The Morgan fingerprint density at radius 2 is 2.05 bits per heavy atom. The van der Waals surface area contributed by atoms with Crippen molar-refractivity contribution in [2.24, 2.45) is 5.73 Å². The zero-order valence-corrected chi connectivity index (χ0v) is 12.4. The van der Waals surface area contributed by atoms with Crippen LogP contribution in [0.25, 0.3) is 0 Å². The Bertz CT molecular complexity index is 646. The van der Waals surface area contributed by atoms with Crippen LogP contribution in [-0.4, -0.2) is 11.9 Å². The third-order valence-electron chi connectivity index (χ3n) is 3.29. The van der Waals surface area contributed by atoms with E-state index >= 15 is 0 Å². The van der Waals surface area contributed by atoms with Crippen LogP contribution in [-0.2, 0) is 17.9 Å². The summed E-state index contributed by atoms with van der Waals surface area (Å²) in [6, 6.07) is 13.5. The first kappa shape index (κ1) is 16.0. The number of hydrogen-bond acceptors (Lipinski definition) is 3. The van der Waals surface area contributed by atoms with Crippen LogP contribution >= 0.6 is 0 Å². The van der Waals surface area contributed by atoms with Crippen molar-refractivity contribution in [2.45, 2.75) is 26.1 Å². The number of carbonyl (C=O) groups excluding carboxylic acids is 1. The summed E-state index contributed by atoms with van der Waals surface area (Å²) in [7, 11) is 0. The summed E-state index contributed by atoms with van der Waals surface area (Å²) in [5.74, 6) is -0.0307. The number of amides is 1. The van der Waals surface area contributed by atoms with Crippen LogP contribution in [0.15, 0.2) is 48.5 Å². The number of benzene rings is 2. The number of nitrogens with one attached hydrogen (secondary N) is 1. The van der Waals surface area contributed by atoms with E-state index in [1.807, 2.05) is 24.3 Å². The van der Waals surface area contributed by atoms with Gasteiger partial charge in [-0.2, -0.15) is 0 Å². The Morgan fingerprint density at radius 3 is 2.77 bits per heavy atom. The Morgan fingerprint density at radius 1 is 1.27 bits per heavy atom. The number of rotatable bonds is 7. The van der Waals surface area contributed by atoms with Gasteiger partial charge in [-0.15, -0.1) is 0 Å². The number of primary amides is 1. The van der Waals surface area contributed by atoms with Crippen molar-refractivity contribution in [3.63, 3.8) is 0 Å². The fraction of sp³-hybridized carbons (Fsp3) is 0.235. The SMILES string of the molecule is C[C@H](NCc1cccc(OCc2ccccc2F)c1)C(N)=O. The number of nitrogens with two attached hydrogens (primary N) is 1. The average Bonchev–Trinajstić information content (AvgIpc) is 2.52. The molecular formula is C17H19FN2O2. The minimum Gasteiger partial charge on any atom is -0.489 e. The van der Waals surface area contributed by atoms with Crippen molar-refractivity contribution >= 4 is 5.91 Å². The minimum atomic E-state index is -0.400. The van der Waals surface area contributed by atoms with Crippen molar-refractivity contribution in [1.82, 2.24) is 5.32 Å². The first-order valence-corrected chi connectivity index (χ1v) is 7.04. The van der Waals surface area contributed by atoms with Gasteiger partial charge in [0.25, 0.3) is 0 Å². The van der Waals surface area contributed by atoms with E-state index in [0.717, 1.165) is 5.56 Å². The van der Waals surface area contributed by atoms with Crippen molar-refractivity contribution in [3.8, 4) is 5.75 Å². The molecule has 0 spiro atoms. The van der Waals surface area contributed by atoms with Gasteiger partial charge >= 0.3 is 0 Å². The maximum absolute atomic E-state index is 13.5. The second kappa shape index (κ2) is 7.56. The molecule has 116 valence electrons. The van der Waals surface area contributed by atoms with Gasteiger partial charge in [-0.05, 0) is 30.7 Å². The van der Waals surface area contributed by atoms with E-state index in [2.05, 4.69) is 5.32 Å². The molecule has 1 amide bonds. The highest BCUT2D eigenvalue weighted by molar-refractivity contribution is 5.79. The van der Waals surface area contributed by atoms with Gasteiger partial charge in [0.1, 0.15) is 18.2 Å². The summed E-state index contributed by atoms with van der Waals surface area (Å²) < 4.78 is 19.1. The van der Waals surface area contributed by atoms with Gasteiger partial charge in [-0.1, -0.05) is 30.3 Å². The summed E-state index contributed by atoms with van der Waals surface area (Å²) >= 11 is 0. The van der Waals surface area contributed by atoms with Gasteiger partial charge in [0.05, 0.1) is 6.04 Å². The summed E-state index contributed by atoms with van der Waals surface area (Å²) in [4.78, 5) is 11.0. The molecular weight excluding hydrogens is 283 g/mol. The smallest absolute Gasteiger partial charge is 0.234 e.